The van der Waals surface area contributed by atoms with Gasteiger partial charge in [-0.15, -0.1) is 24.8 Å². The highest BCUT2D eigenvalue weighted by Gasteiger charge is 2.44. The molecule has 0 saturated carbocycles. The molecule has 0 aromatic rings. The van der Waals surface area contributed by atoms with Crippen molar-refractivity contribution in [2.24, 2.45) is 0 Å². The predicted octanol–water partition coefficient (Wildman–Crippen LogP) is 0.532. The molecule has 6 nitrogen and oxygen atoms in total. The number of hydrogen-bond donors (Lipinski definition) is 1. The Bertz CT molecular complexity index is 375. The molecule has 0 radical (unpaired) electrons. The van der Waals surface area contributed by atoms with Crippen LogP contribution in [0.2, 0.25) is 0 Å². The topological polar surface area (TPSA) is 54.0 Å². The van der Waals surface area contributed by atoms with Crippen LogP contribution in [0.15, 0.2) is 0 Å². The Morgan fingerprint density at radius 3 is 2.43 bits per heavy atom. The van der Waals surface area contributed by atoms with E-state index in [4.69, 9.17) is 9.47 Å². The number of methoxy groups -OCH3 is 1. The summed E-state index contributed by atoms with van der Waals surface area (Å²) in [7, 11) is 1.68. The second kappa shape index (κ2) is 9.39. The van der Waals surface area contributed by atoms with Crippen LogP contribution in [0.25, 0.3) is 0 Å². The maximum Gasteiger partial charge on any atom is 0.254 e. The Morgan fingerprint density at radius 1 is 1.17 bits per heavy atom. The molecule has 3 aliphatic heterocycles. The van der Waals surface area contributed by atoms with Gasteiger partial charge in [0.05, 0.1) is 13.2 Å². The van der Waals surface area contributed by atoms with Crippen LogP contribution in [0.5, 0.6) is 0 Å². The number of nitrogens with zero attached hydrogens (tertiary/aromatic N) is 2. The van der Waals surface area contributed by atoms with Gasteiger partial charge in [-0.25, -0.2) is 0 Å². The third kappa shape index (κ3) is 4.50. The van der Waals surface area contributed by atoms with Crippen molar-refractivity contribution in [3.05, 3.63) is 0 Å². The summed E-state index contributed by atoms with van der Waals surface area (Å²) in [5, 5.41) is 3.31. The number of likely N-dealkylation sites (tertiary alicyclic amines) is 1. The van der Waals surface area contributed by atoms with Crippen molar-refractivity contribution >= 4 is 30.7 Å². The van der Waals surface area contributed by atoms with Crippen molar-refractivity contribution in [2.75, 3.05) is 59.6 Å². The second-order valence-corrected chi connectivity index (χ2v) is 6.29. The van der Waals surface area contributed by atoms with Crippen molar-refractivity contribution in [1.29, 1.82) is 0 Å². The van der Waals surface area contributed by atoms with E-state index in [9.17, 15) is 4.79 Å². The number of halogens is 2. The molecular formula is C15H29Cl2N3O3. The van der Waals surface area contributed by atoms with Gasteiger partial charge in [-0.1, -0.05) is 0 Å². The van der Waals surface area contributed by atoms with Crippen LogP contribution >= 0.6 is 24.8 Å². The molecule has 23 heavy (non-hydrogen) atoms. The summed E-state index contributed by atoms with van der Waals surface area (Å²) in [5.41, 5.74) is -0.592. The summed E-state index contributed by atoms with van der Waals surface area (Å²) in [6.45, 7) is 7.05. The van der Waals surface area contributed by atoms with Crippen molar-refractivity contribution in [3.8, 4) is 0 Å². The normalized spacial score (nSPS) is 27.9. The lowest BCUT2D eigenvalue weighted by Gasteiger charge is -2.38. The lowest BCUT2D eigenvalue weighted by molar-refractivity contribution is -0.157. The third-order valence-corrected chi connectivity index (χ3v) is 5.20. The van der Waals surface area contributed by atoms with E-state index in [1.54, 1.807) is 7.11 Å². The van der Waals surface area contributed by atoms with Crippen LogP contribution in [0.1, 0.15) is 19.3 Å². The van der Waals surface area contributed by atoms with Gasteiger partial charge in [0.25, 0.3) is 5.91 Å². The highest BCUT2D eigenvalue weighted by Crippen LogP contribution is 2.28. The van der Waals surface area contributed by atoms with Crippen LogP contribution in [0.4, 0.5) is 0 Å². The molecule has 1 atom stereocenters. The first-order valence-corrected chi connectivity index (χ1v) is 8.12. The molecule has 0 bridgehead atoms. The van der Waals surface area contributed by atoms with Gasteiger partial charge < -0.3 is 19.7 Å². The third-order valence-electron chi connectivity index (χ3n) is 5.20. The van der Waals surface area contributed by atoms with Crippen molar-refractivity contribution in [2.45, 2.75) is 30.9 Å². The minimum Gasteiger partial charge on any atom is -0.379 e. The van der Waals surface area contributed by atoms with Crippen molar-refractivity contribution < 1.29 is 14.3 Å². The van der Waals surface area contributed by atoms with Gasteiger partial charge in [0.2, 0.25) is 0 Å². The molecule has 3 heterocycles. The number of carbonyl (C=O) groups is 1. The number of amides is 1. The largest absolute Gasteiger partial charge is 0.379 e. The summed E-state index contributed by atoms with van der Waals surface area (Å²) in [5.74, 6) is 0.197. The number of nitrogens with one attached hydrogen (secondary N) is 1. The van der Waals surface area contributed by atoms with E-state index in [2.05, 4.69) is 10.2 Å². The quantitative estimate of drug-likeness (QED) is 0.786. The number of rotatable bonds is 3. The monoisotopic (exact) mass is 369 g/mol. The van der Waals surface area contributed by atoms with Gasteiger partial charge in [0.15, 0.2) is 0 Å². The van der Waals surface area contributed by atoms with Crippen LogP contribution in [-0.2, 0) is 14.3 Å². The zero-order valence-electron chi connectivity index (χ0n) is 13.8. The lowest BCUT2D eigenvalue weighted by atomic mass is 9.90. The van der Waals surface area contributed by atoms with E-state index < -0.39 is 5.60 Å². The Hall–Kier alpha value is -0.110. The summed E-state index contributed by atoms with van der Waals surface area (Å²) in [6.07, 6.45) is 2.63. The fourth-order valence-electron chi connectivity index (χ4n) is 3.79. The molecule has 1 amide bonds. The molecule has 1 unspecified atom stereocenters. The van der Waals surface area contributed by atoms with Gasteiger partial charge in [0, 0.05) is 39.3 Å². The molecule has 3 aliphatic rings. The van der Waals surface area contributed by atoms with Crippen LogP contribution in [-0.4, -0.2) is 86.9 Å². The Kier molecular flexibility index (Phi) is 8.55. The molecule has 0 aliphatic carbocycles. The zero-order chi connectivity index (χ0) is 14.7. The smallest absolute Gasteiger partial charge is 0.254 e. The van der Waals surface area contributed by atoms with Crippen LogP contribution < -0.4 is 5.32 Å². The first-order chi connectivity index (χ1) is 10.2. The average molecular weight is 370 g/mol. The fourth-order valence-corrected chi connectivity index (χ4v) is 3.79. The van der Waals surface area contributed by atoms with E-state index in [1.165, 1.54) is 0 Å². The minimum absolute atomic E-state index is 0. The second-order valence-electron chi connectivity index (χ2n) is 6.29. The van der Waals surface area contributed by atoms with Crippen molar-refractivity contribution in [1.82, 2.24) is 15.1 Å². The molecule has 136 valence electrons. The van der Waals surface area contributed by atoms with E-state index in [1.807, 2.05) is 4.90 Å². The molecule has 8 heteroatoms. The molecule has 1 N–H and O–H groups in total. The lowest BCUT2D eigenvalue weighted by Crippen LogP contribution is -2.55. The number of ether oxygens (including phenoxy) is 2. The molecule has 3 rings (SSSR count). The fraction of sp³-hybridized carbons (Fsp3) is 0.933. The molecule has 3 saturated heterocycles. The average Bonchev–Trinajstić information content (AvgIpc) is 3.05. The summed E-state index contributed by atoms with van der Waals surface area (Å²) in [4.78, 5) is 17.4. The minimum atomic E-state index is -0.592. The Morgan fingerprint density at radius 2 is 1.83 bits per heavy atom. The number of carbonyl (C=O) groups excluding carboxylic acids is 1. The molecule has 0 aromatic heterocycles. The van der Waals surface area contributed by atoms with Gasteiger partial charge in [-0.3, -0.25) is 9.69 Å². The van der Waals surface area contributed by atoms with Crippen LogP contribution in [0.3, 0.4) is 0 Å². The molecular weight excluding hydrogens is 341 g/mol. The number of piperidine rings is 1. The van der Waals surface area contributed by atoms with Gasteiger partial charge in [-0.2, -0.15) is 0 Å². The summed E-state index contributed by atoms with van der Waals surface area (Å²) in [6, 6.07) is 0.494. The summed E-state index contributed by atoms with van der Waals surface area (Å²) < 4.78 is 11.1. The van der Waals surface area contributed by atoms with Gasteiger partial charge >= 0.3 is 0 Å². The zero-order valence-corrected chi connectivity index (χ0v) is 15.4. The summed E-state index contributed by atoms with van der Waals surface area (Å²) >= 11 is 0. The number of hydrogen-bond acceptors (Lipinski definition) is 5. The maximum atomic E-state index is 12.9. The van der Waals surface area contributed by atoms with Gasteiger partial charge in [0.1, 0.15) is 5.60 Å². The Balaban J connectivity index is 0.00000132. The number of morpholine rings is 1. The highest BCUT2D eigenvalue weighted by molar-refractivity contribution is 5.86. The van der Waals surface area contributed by atoms with E-state index in [0.29, 0.717) is 6.04 Å². The highest BCUT2D eigenvalue weighted by atomic mass is 35.5. The predicted molar refractivity (Wildman–Crippen MR) is 93.7 cm³/mol. The van der Waals surface area contributed by atoms with Crippen molar-refractivity contribution in [3.63, 3.8) is 0 Å². The standard InChI is InChI=1S/C15H27N3O3.2ClH/c1-20-15(3-5-16-6-4-15)14(19)18-7-2-13(12-18)17-8-10-21-11-9-17;;/h13,16H,2-12H2,1H3;2*1H. The maximum absolute atomic E-state index is 12.9. The molecule has 0 aromatic carbocycles. The Labute approximate surface area is 151 Å². The van der Waals surface area contributed by atoms with E-state index >= 15 is 0 Å². The SMILES string of the molecule is COC1(C(=O)N2CCC(N3CCOCC3)C2)CCNCC1.Cl.Cl. The molecule has 0 spiro atoms. The van der Waals surface area contributed by atoms with Gasteiger partial charge in [-0.05, 0) is 32.4 Å². The van der Waals surface area contributed by atoms with E-state index in [0.717, 1.165) is 71.7 Å². The van der Waals surface area contributed by atoms with Crippen LogP contribution in [0, 0.1) is 0 Å². The molecule has 3 fully saturated rings. The first-order valence-electron chi connectivity index (χ1n) is 8.12. The van der Waals surface area contributed by atoms with E-state index in [-0.39, 0.29) is 30.7 Å². The first kappa shape index (κ1) is 20.9.